The molecule has 112 valence electrons. The summed E-state index contributed by atoms with van der Waals surface area (Å²) in [5.74, 6) is -1.01. The molecule has 2 atom stereocenters. The Bertz CT molecular complexity index is 734. The van der Waals surface area contributed by atoms with Crippen molar-refractivity contribution in [2.45, 2.75) is 37.0 Å². The van der Waals surface area contributed by atoms with E-state index < -0.39 is 5.97 Å². The number of benzene rings is 1. The molecular formula is C15H18N2O3S. The Hall–Kier alpha value is -1.69. The van der Waals surface area contributed by atoms with Crippen molar-refractivity contribution in [3.63, 3.8) is 0 Å². The second-order valence-electron chi connectivity index (χ2n) is 5.43. The lowest BCUT2D eigenvalue weighted by molar-refractivity contribution is 0.0699. The smallest absolute Gasteiger partial charge is 0.337 e. The molecule has 1 fully saturated rings. The Morgan fingerprint density at radius 3 is 2.86 bits per heavy atom. The number of carboxylic acid groups (broad SMARTS) is 1. The highest BCUT2D eigenvalue weighted by atomic mass is 32.2. The van der Waals surface area contributed by atoms with Crippen LogP contribution in [0.3, 0.4) is 0 Å². The van der Waals surface area contributed by atoms with Crippen LogP contribution in [0.4, 0.5) is 0 Å². The lowest BCUT2D eigenvalue weighted by atomic mass is 9.94. The van der Waals surface area contributed by atoms with E-state index >= 15 is 0 Å². The molecule has 0 radical (unpaired) electrons. The van der Waals surface area contributed by atoms with Gasteiger partial charge in [-0.2, -0.15) is 11.8 Å². The first-order valence-corrected chi connectivity index (χ1v) is 8.41. The van der Waals surface area contributed by atoms with E-state index in [9.17, 15) is 14.7 Å². The Labute approximate surface area is 126 Å². The zero-order valence-corrected chi connectivity index (χ0v) is 12.7. The summed E-state index contributed by atoms with van der Waals surface area (Å²) in [6, 6.07) is 5.19. The first-order valence-electron chi connectivity index (χ1n) is 7.13. The minimum atomic E-state index is -1.01. The number of hydrogen-bond donors (Lipinski definition) is 2. The van der Waals surface area contributed by atoms with Crippen molar-refractivity contribution in [2.24, 2.45) is 0 Å². The van der Waals surface area contributed by atoms with Gasteiger partial charge in [0.15, 0.2) is 0 Å². The molecular weight excluding hydrogens is 288 g/mol. The second-order valence-corrected chi connectivity index (χ2v) is 6.51. The van der Waals surface area contributed by atoms with Crippen molar-refractivity contribution in [2.75, 3.05) is 6.26 Å². The van der Waals surface area contributed by atoms with Gasteiger partial charge in [-0.1, -0.05) is 18.9 Å². The predicted octanol–water partition coefficient (Wildman–Crippen LogP) is 2.87. The Kier molecular flexibility index (Phi) is 3.80. The number of H-pyrrole nitrogens is 1. The maximum Gasteiger partial charge on any atom is 0.337 e. The van der Waals surface area contributed by atoms with Gasteiger partial charge in [0.2, 0.25) is 0 Å². The Morgan fingerprint density at radius 2 is 2.14 bits per heavy atom. The molecule has 1 aromatic carbocycles. The molecule has 21 heavy (non-hydrogen) atoms. The van der Waals surface area contributed by atoms with E-state index in [1.807, 2.05) is 6.07 Å². The zero-order chi connectivity index (χ0) is 15.0. The molecule has 2 unspecified atom stereocenters. The number of para-hydroxylation sites is 1. The molecule has 1 saturated carbocycles. The third-order valence-corrected chi connectivity index (χ3v) is 5.44. The van der Waals surface area contributed by atoms with E-state index in [-0.39, 0.29) is 17.3 Å². The van der Waals surface area contributed by atoms with Gasteiger partial charge in [-0.25, -0.2) is 9.59 Å². The number of rotatable bonds is 3. The summed E-state index contributed by atoms with van der Waals surface area (Å²) in [6.07, 6.45) is 6.45. The lowest BCUT2D eigenvalue weighted by Gasteiger charge is -2.31. The quantitative estimate of drug-likeness (QED) is 0.914. The van der Waals surface area contributed by atoms with Crippen LogP contribution in [0.2, 0.25) is 0 Å². The number of nitrogens with zero attached hydrogens (tertiary/aromatic N) is 1. The zero-order valence-electron chi connectivity index (χ0n) is 11.8. The molecule has 0 amide bonds. The molecule has 1 aromatic heterocycles. The van der Waals surface area contributed by atoms with Crippen LogP contribution in [0.1, 0.15) is 42.1 Å². The number of aromatic nitrogens is 2. The van der Waals surface area contributed by atoms with Gasteiger partial charge in [0, 0.05) is 5.25 Å². The molecule has 2 aromatic rings. The summed E-state index contributed by atoms with van der Waals surface area (Å²) in [5, 5.41) is 9.66. The molecule has 5 nitrogen and oxygen atoms in total. The highest BCUT2D eigenvalue weighted by Crippen LogP contribution is 2.36. The van der Waals surface area contributed by atoms with Gasteiger partial charge in [-0.3, -0.25) is 4.57 Å². The van der Waals surface area contributed by atoms with Crippen LogP contribution < -0.4 is 5.69 Å². The van der Waals surface area contributed by atoms with Crippen LogP contribution in [0.15, 0.2) is 23.0 Å². The molecule has 1 aliphatic rings. The van der Waals surface area contributed by atoms with E-state index in [4.69, 9.17) is 0 Å². The third kappa shape index (κ3) is 2.37. The van der Waals surface area contributed by atoms with Crippen LogP contribution in [-0.2, 0) is 0 Å². The van der Waals surface area contributed by atoms with Crippen LogP contribution in [0, 0.1) is 0 Å². The molecule has 3 rings (SSSR count). The molecule has 0 aliphatic heterocycles. The van der Waals surface area contributed by atoms with Gasteiger partial charge in [-0.05, 0) is 31.2 Å². The standard InChI is InChI=1S/C15H18N2O3S/c1-21-12-8-3-2-6-10(12)17-11-7-4-5-9(14(18)19)13(11)16-15(17)20/h4-5,7,10,12H,2-3,6,8H2,1H3,(H,16,20)(H,18,19). The summed E-state index contributed by atoms with van der Waals surface area (Å²) >= 11 is 1.79. The molecule has 0 saturated heterocycles. The molecule has 0 spiro atoms. The van der Waals surface area contributed by atoms with Crippen molar-refractivity contribution < 1.29 is 9.90 Å². The van der Waals surface area contributed by atoms with Crippen molar-refractivity contribution >= 4 is 28.8 Å². The van der Waals surface area contributed by atoms with Crippen molar-refractivity contribution in [1.29, 1.82) is 0 Å². The summed E-state index contributed by atoms with van der Waals surface area (Å²) in [7, 11) is 0. The van der Waals surface area contributed by atoms with Crippen LogP contribution in [0.25, 0.3) is 11.0 Å². The summed E-state index contributed by atoms with van der Waals surface area (Å²) in [5.41, 5.74) is 1.08. The Balaban J connectivity index is 2.19. The predicted molar refractivity (Wildman–Crippen MR) is 84.3 cm³/mol. The fourth-order valence-corrected chi connectivity index (χ4v) is 4.28. The lowest BCUT2D eigenvalue weighted by Crippen LogP contribution is -2.31. The molecule has 6 heteroatoms. The molecule has 1 aliphatic carbocycles. The van der Waals surface area contributed by atoms with Gasteiger partial charge in [-0.15, -0.1) is 0 Å². The minimum absolute atomic E-state index is 0.138. The average molecular weight is 306 g/mol. The van der Waals surface area contributed by atoms with Gasteiger partial charge in [0.25, 0.3) is 0 Å². The number of hydrogen-bond acceptors (Lipinski definition) is 3. The number of fused-ring (bicyclic) bond motifs is 1. The normalized spacial score (nSPS) is 22.5. The highest BCUT2D eigenvalue weighted by Gasteiger charge is 2.29. The monoisotopic (exact) mass is 306 g/mol. The molecule has 0 bridgehead atoms. The van der Waals surface area contributed by atoms with Crippen molar-refractivity contribution in [3.8, 4) is 0 Å². The highest BCUT2D eigenvalue weighted by molar-refractivity contribution is 7.99. The summed E-state index contributed by atoms with van der Waals surface area (Å²) < 4.78 is 1.77. The number of carboxylic acids is 1. The fraction of sp³-hybridized carbons (Fsp3) is 0.467. The van der Waals surface area contributed by atoms with Crippen LogP contribution in [0.5, 0.6) is 0 Å². The summed E-state index contributed by atoms with van der Waals surface area (Å²) in [4.78, 5) is 26.4. The van der Waals surface area contributed by atoms with Gasteiger partial charge < -0.3 is 10.1 Å². The Morgan fingerprint density at radius 1 is 1.38 bits per heavy atom. The largest absolute Gasteiger partial charge is 0.478 e. The van der Waals surface area contributed by atoms with Crippen LogP contribution >= 0.6 is 11.8 Å². The van der Waals surface area contributed by atoms with Gasteiger partial charge >= 0.3 is 11.7 Å². The number of thioether (sulfide) groups is 1. The fourth-order valence-electron chi connectivity index (χ4n) is 3.30. The van der Waals surface area contributed by atoms with E-state index in [0.717, 1.165) is 19.3 Å². The number of imidazole rings is 1. The number of aromatic amines is 1. The molecule has 2 N–H and O–H groups in total. The minimum Gasteiger partial charge on any atom is -0.478 e. The first-order chi connectivity index (χ1) is 10.1. The van der Waals surface area contributed by atoms with Crippen molar-refractivity contribution in [3.05, 3.63) is 34.2 Å². The van der Waals surface area contributed by atoms with Crippen LogP contribution in [-0.4, -0.2) is 32.1 Å². The van der Waals surface area contributed by atoms with E-state index in [1.54, 1.807) is 22.4 Å². The maximum atomic E-state index is 12.4. The molecule has 1 heterocycles. The topological polar surface area (TPSA) is 75.1 Å². The van der Waals surface area contributed by atoms with Crippen molar-refractivity contribution in [1.82, 2.24) is 9.55 Å². The number of nitrogens with one attached hydrogen (secondary N) is 1. The SMILES string of the molecule is CSC1CCCCC1n1c(=O)[nH]c2c(C(=O)O)cccc21. The second kappa shape index (κ2) is 5.60. The van der Waals surface area contributed by atoms with E-state index in [1.165, 1.54) is 12.5 Å². The van der Waals surface area contributed by atoms with Gasteiger partial charge in [0.1, 0.15) is 0 Å². The average Bonchev–Trinajstić information content (AvgIpc) is 2.82. The van der Waals surface area contributed by atoms with Gasteiger partial charge in [0.05, 0.1) is 22.6 Å². The third-order valence-electron chi connectivity index (χ3n) is 4.29. The van der Waals surface area contributed by atoms with E-state index in [2.05, 4.69) is 11.2 Å². The maximum absolute atomic E-state index is 12.4. The summed E-state index contributed by atoms with van der Waals surface area (Å²) in [6.45, 7) is 0. The first kappa shape index (κ1) is 14.3. The number of aromatic carboxylic acids is 1. The number of carbonyl (C=O) groups is 1. The van der Waals surface area contributed by atoms with E-state index in [0.29, 0.717) is 16.3 Å².